The van der Waals surface area contributed by atoms with Crippen molar-refractivity contribution in [1.82, 2.24) is 19.8 Å². The van der Waals surface area contributed by atoms with Gasteiger partial charge >= 0.3 is 0 Å². The van der Waals surface area contributed by atoms with E-state index in [9.17, 15) is 9.59 Å². The van der Waals surface area contributed by atoms with E-state index in [2.05, 4.69) is 32.5 Å². The standard InChI is InChI=1S/C39H41FN6O4/c1-26-9-7-8-12-29(26)22-46(25-47)37(28-10-5-4-6-11-28)39(48)43-30-13-14-33(32(40)19-30)44-38-31-20-35(49-3)36(21-34(31)41-24-42-38)50-23-27-15-17-45(2)18-16-27/h4-14,19-21,24-25,27,37H,15-18,22-23H2,1-3H3,(H,43,48)(H,41,42,44). The van der Waals surface area contributed by atoms with Crippen molar-refractivity contribution in [2.24, 2.45) is 5.92 Å². The van der Waals surface area contributed by atoms with E-state index < -0.39 is 17.8 Å². The van der Waals surface area contributed by atoms with Crippen LogP contribution in [-0.4, -0.2) is 65.9 Å². The molecule has 1 unspecified atom stereocenters. The number of rotatable bonds is 13. The summed E-state index contributed by atoms with van der Waals surface area (Å²) in [5.74, 6) is 0.893. The maximum atomic E-state index is 15.6. The number of methoxy groups -OCH3 is 1. The van der Waals surface area contributed by atoms with Crippen molar-refractivity contribution in [2.75, 3.05) is 44.5 Å². The van der Waals surface area contributed by atoms with Crippen molar-refractivity contribution in [3.8, 4) is 11.5 Å². The third-order valence-corrected chi connectivity index (χ3v) is 9.17. The highest BCUT2D eigenvalue weighted by Crippen LogP contribution is 2.36. The van der Waals surface area contributed by atoms with Crippen molar-refractivity contribution in [2.45, 2.75) is 32.4 Å². The zero-order chi connectivity index (χ0) is 35.0. The number of nitrogens with one attached hydrogen (secondary N) is 2. The number of carbonyl (C=O) groups excluding carboxylic acids is 2. The molecule has 1 atom stereocenters. The molecule has 2 N–H and O–H groups in total. The lowest BCUT2D eigenvalue weighted by atomic mass is 9.98. The Kier molecular flexibility index (Phi) is 10.8. The first-order chi connectivity index (χ1) is 24.3. The van der Waals surface area contributed by atoms with E-state index in [1.807, 2.05) is 55.5 Å². The minimum Gasteiger partial charge on any atom is -0.493 e. The quantitative estimate of drug-likeness (QED) is 0.130. The van der Waals surface area contributed by atoms with Crippen molar-refractivity contribution in [1.29, 1.82) is 0 Å². The lowest BCUT2D eigenvalue weighted by molar-refractivity contribution is -0.130. The van der Waals surface area contributed by atoms with Crippen LogP contribution in [0.4, 0.5) is 21.6 Å². The number of amides is 2. The average Bonchev–Trinajstić information content (AvgIpc) is 3.13. The van der Waals surface area contributed by atoms with Crippen LogP contribution in [0.5, 0.6) is 11.5 Å². The average molecular weight is 677 g/mol. The Morgan fingerprint density at radius 1 is 1.02 bits per heavy atom. The molecule has 1 saturated heterocycles. The van der Waals surface area contributed by atoms with Crippen LogP contribution < -0.4 is 20.1 Å². The first-order valence-corrected chi connectivity index (χ1v) is 16.6. The molecule has 5 aromatic rings. The van der Waals surface area contributed by atoms with Gasteiger partial charge in [-0.25, -0.2) is 14.4 Å². The Balaban J connectivity index is 1.19. The summed E-state index contributed by atoms with van der Waals surface area (Å²) in [4.78, 5) is 38.7. The summed E-state index contributed by atoms with van der Waals surface area (Å²) in [7, 11) is 3.71. The molecule has 0 spiro atoms. The van der Waals surface area contributed by atoms with Crippen LogP contribution in [0.3, 0.4) is 0 Å². The van der Waals surface area contributed by atoms with Crippen LogP contribution >= 0.6 is 0 Å². The highest BCUT2D eigenvalue weighted by molar-refractivity contribution is 5.97. The van der Waals surface area contributed by atoms with Crippen LogP contribution in [0.1, 0.15) is 35.6 Å². The Bertz CT molecular complexity index is 1950. The van der Waals surface area contributed by atoms with Gasteiger partial charge in [0, 0.05) is 23.7 Å². The largest absolute Gasteiger partial charge is 0.493 e. The van der Waals surface area contributed by atoms with Gasteiger partial charge in [0.15, 0.2) is 11.5 Å². The SMILES string of the molecule is COc1cc2c(Nc3ccc(NC(=O)C(c4ccccc4)N(C=O)Cc4ccccc4C)cc3F)ncnc2cc1OCC1CCN(C)CC1. The van der Waals surface area contributed by atoms with E-state index in [0.717, 1.165) is 37.1 Å². The number of aromatic nitrogens is 2. The number of ether oxygens (including phenoxy) is 2. The number of hydrogen-bond acceptors (Lipinski definition) is 8. The first-order valence-electron chi connectivity index (χ1n) is 16.6. The van der Waals surface area contributed by atoms with Crippen molar-refractivity contribution < 1.29 is 23.5 Å². The first kappa shape index (κ1) is 34.3. The fraction of sp³-hybridized carbons (Fsp3) is 0.282. The van der Waals surface area contributed by atoms with E-state index in [0.29, 0.717) is 52.7 Å². The van der Waals surface area contributed by atoms with E-state index in [1.165, 1.54) is 23.4 Å². The normalized spacial score (nSPS) is 14.2. The minimum absolute atomic E-state index is 0.151. The molecule has 1 aromatic heterocycles. The molecule has 2 heterocycles. The van der Waals surface area contributed by atoms with E-state index in [4.69, 9.17) is 9.47 Å². The highest BCUT2D eigenvalue weighted by Gasteiger charge is 2.28. The van der Waals surface area contributed by atoms with Crippen molar-refractivity contribution in [3.05, 3.63) is 114 Å². The van der Waals surface area contributed by atoms with Crippen molar-refractivity contribution in [3.63, 3.8) is 0 Å². The molecule has 50 heavy (non-hydrogen) atoms. The van der Waals surface area contributed by atoms with E-state index in [1.54, 1.807) is 31.4 Å². The number of anilines is 3. The summed E-state index contributed by atoms with van der Waals surface area (Å²) in [6.07, 6.45) is 4.23. The Morgan fingerprint density at radius 2 is 1.78 bits per heavy atom. The lowest BCUT2D eigenvalue weighted by Gasteiger charge is -2.28. The number of aryl methyl sites for hydroxylation is 1. The third kappa shape index (κ3) is 8.01. The summed E-state index contributed by atoms with van der Waals surface area (Å²) in [5.41, 5.74) is 3.55. The summed E-state index contributed by atoms with van der Waals surface area (Å²) in [6, 6.07) is 23.7. The molecule has 0 saturated carbocycles. The number of likely N-dealkylation sites (tertiary alicyclic amines) is 1. The molecular formula is C39H41FN6O4. The summed E-state index contributed by atoms with van der Waals surface area (Å²) in [6.45, 7) is 4.88. The summed E-state index contributed by atoms with van der Waals surface area (Å²) < 4.78 is 27.5. The number of carbonyl (C=O) groups is 2. The van der Waals surface area contributed by atoms with Gasteiger partial charge in [-0.05, 0) is 86.8 Å². The number of fused-ring (bicyclic) bond motifs is 1. The molecule has 2 amide bonds. The van der Waals surface area contributed by atoms with Crippen LogP contribution in [0, 0.1) is 18.7 Å². The molecule has 10 nitrogen and oxygen atoms in total. The smallest absolute Gasteiger partial charge is 0.251 e. The van der Waals surface area contributed by atoms with Crippen LogP contribution in [0.25, 0.3) is 10.9 Å². The number of hydrogen-bond donors (Lipinski definition) is 2. The van der Waals surface area contributed by atoms with Gasteiger partial charge in [0.25, 0.3) is 5.91 Å². The molecule has 1 aliphatic heterocycles. The summed E-state index contributed by atoms with van der Waals surface area (Å²) in [5, 5.41) is 6.51. The van der Waals surface area contributed by atoms with Crippen LogP contribution in [-0.2, 0) is 16.1 Å². The second-order valence-electron chi connectivity index (χ2n) is 12.6. The maximum absolute atomic E-state index is 15.6. The van der Waals surface area contributed by atoms with Gasteiger partial charge < -0.3 is 29.9 Å². The zero-order valence-corrected chi connectivity index (χ0v) is 28.4. The Hall–Kier alpha value is -5.55. The predicted molar refractivity (Wildman–Crippen MR) is 192 cm³/mol. The number of piperidine rings is 1. The van der Waals surface area contributed by atoms with Gasteiger partial charge in [-0.1, -0.05) is 54.6 Å². The van der Waals surface area contributed by atoms with Gasteiger partial charge in [-0.15, -0.1) is 0 Å². The second-order valence-corrected chi connectivity index (χ2v) is 12.6. The molecule has 4 aromatic carbocycles. The molecule has 0 radical (unpaired) electrons. The van der Waals surface area contributed by atoms with Crippen LogP contribution in [0.15, 0.2) is 91.3 Å². The zero-order valence-electron chi connectivity index (χ0n) is 28.4. The number of benzene rings is 4. The predicted octanol–water partition coefficient (Wildman–Crippen LogP) is 6.89. The molecule has 0 aliphatic carbocycles. The minimum atomic E-state index is -0.949. The molecular weight excluding hydrogens is 635 g/mol. The van der Waals surface area contributed by atoms with E-state index in [-0.39, 0.29) is 17.9 Å². The number of nitrogens with zero attached hydrogens (tertiary/aromatic N) is 4. The lowest BCUT2D eigenvalue weighted by Crippen LogP contribution is -2.36. The molecule has 1 aliphatic rings. The van der Waals surface area contributed by atoms with E-state index >= 15 is 4.39 Å². The fourth-order valence-electron chi connectivity index (χ4n) is 6.21. The van der Waals surface area contributed by atoms with Crippen molar-refractivity contribution >= 4 is 40.4 Å². The topological polar surface area (TPSA) is 109 Å². The monoisotopic (exact) mass is 676 g/mol. The third-order valence-electron chi connectivity index (χ3n) is 9.17. The molecule has 11 heteroatoms. The van der Waals surface area contributed by atoms with Gasteiger partial charge in [0.05, 0.1) is 24.9 Å². The Morgan fingerprint density at radius 3 is 2.50 bits per heavy atom. The highest BCUT2D eigenvalue weighted by atomic mass is 19.1. The maximum Gasteiger partial charge on any atom is 0.251 e. The fourth-order valence-corrected chi connectivity index (χ4v) is 6.21. The molecule has 0 bridgehead atoms. The van der Waals surface area contributed by atoms with Gasteiger partial charge in [0.1, 0.15) is 24.0 Å². The second kappa shape index (κ2) is 15.8. The van der Waals surface area contributed by atoms with Gasteiger partial charge in [-0.3, -0.25) is 9.59 Å². The number of halogens is 1. The van der Waals surface area contributed by atoms with Gasteiger partial charge in [0.2, 0.25) is 6.41 Å². The summed E-state index contributed by atoms with van der Waals surface area (Å²) >= 11 is 0. The molecule has 258 valence electrons. The molecule has 1 fully saturated rings. The molecule has 6 rings (SSSR count). The van der Waals surface area contributed by atoms with Gasteiger partial charge in [-0.2, -0.15) is 0 Å². The van der Waals surface area contributed by atoms with Crippen LogP contribution in [0.2, 0.25) is 0 Å². The Labute approximate surface area is 291 Å².